The van der Waals surface area contributed by atoms with E-state index in [9.17, 15) is 0 Å². The topological polar surface area (TPSA) is 70.4 Å². The number of fused-ring (bicyclic) bond motifs is 1. The zero-order chi connectivity index (χ0) is 19.2. The molecule has 2 N–H and O–H groups in total. The fourth-order valence-electron chi connectivity index (χ4n) is 4.16. The number of para-hydroxylation sites is 1. The van der Waals surface area contributed by atoms with E-state index in [-0.39, 0.29) is 0 Å². The second-order valence-electron chi connectivity index (χ2n) is 7.66. The fourth-order valence-corrected chi connectivity index (χ4v) is 4.16. The molecule has 1 aromatic heterocycles. The Labute approximate surface area is 167 Å². The minimum Gasteiger partial charge on any atom is -0.369 e. The highest BCUT2D eigenvalue weighted by atomic mass is 15.3. The molecule has 1 atom stereocenters. The summed E-state index contributed by atoms with van der Waals surface area (Å²) in [5.74, 6) is 3.12. The minimum atomic E-state index is 0.413. The van der Waals surface area contributed by atoms with Gasteiger partial charge in [0.05, 0.1) is 0 Å². The van der Waals surface area contributed by atoms with Crippen molar-refractivity contribution >= 4 is 11.6 Å². The van der Waals surface area contributed by atoms with Crippen molar-refractivity contribution in [2.45, 2.75) is 51.1 Å². The molecule has 4 rings (SSSR count). The van der Waals surface area contributed by atoms with Gasteiger partial charge in [-0.1, -0.05) is 24.6 Å². The monoisotopic (exact) mass is 381 g/mol. The SMILES string of the molecule is CN=C(NCCc1nnc2n1CCCCC2)NC1CCN(c2ccccc2)C1. The summed E-state index contributed by atoms with van der Waals surface area (Å²) in [6.45, 7) is 3.95. The Bertz CT molecular complexity index is 783. The number of aromatic nitrogens is 3. The van der Waals surface area contributed by atoms with E-state index in [1.807, 2.05) is 7.05 Å². The Morgan fingerprint density at radius 1 is 1.14 bits per heavy atom. The summed E-state index contributed by atoms with van der Waals surface area (Å²) in [6, 6.07) is 11.0. The first-order valence-electron chi connectivity index (χ1n) is 10.5. The molecular formula is C21H31N7. The van der Waals surface area contributed by atoms with Crippen molar-refractivity contribution in [2.24, 2.45) is 4.99 Å². The maximum Gasteiger partial charge on any atom is 0.191 e. The predicted molar refractivity (Wildman–Crippen MR) is 113 cm³/mol. The number of nitrogens with one attached hydrogen (secondary N) is 2. The molecule has 1 unspecified atom stereocenters. The van der Waals surface area contributed by atoms with E-state index in [4.69, 9.17) is 0 Å². The van der Waals surface area contributed by atoms with Gasteiger partial charge in [0, 0.05) is 57.8 Å². The van der Waals surface area contributed by atoms with Crippen molar-refractivity contribution < 1.29 is 0 Å². The quantitative estimate of drug-likeness (QED) is 0.612. The van der Waals surface area contributed by atoms with Crippen LogP contribution >= 0.6 is 0 Å². The van der Waals surface area contributed by atoms with Crippen LogP contribution in [-0.4, -0.2) is 53.4 Å². The minimum absolute atomic E-state index is 0.413. The molecule has 3 heterocycles. The third-order valence-corrected chi connectivity index (χ3v) is 5.70. The smallest absolute Gasteiger partial charge is 0.191 e. The van der Waals surface area contributed by atoms with Crippen LogP contribution in [-0.2, 0) is 19.4 Å². The van der Waals surface area contributed by atoms with Crippen LogP contribution < -0.4 is 15.5 Å². The van der Waals surface area contributed by atoms with Crippen molar-refractivity contribution in [3.05, 3.63) is 42.0 Å². The number of nitrogens with zero attached hydrogens (tertiary/aromatic N) is 5. The molecule has 0 radical (unpaired) electrons. The van der Waals surface area contributed by atoms with Gasteiger partial charge < -0.3 is 20.1 Å². The van der Waals surface area contributed by atoms with Gasteiger partial charge in [-0.25, -0.2) is 0 Å². The highest BCUT2D eigenvalue weighted by Crippen LogP contribution is 2.19. The van der Waals surface area contributed by atoms with Crippen molar-refractivity contribution in [1.29, 1.82) is 0 Å². The summed E-state index contributed by atoms with van der Waals surface area (Å²) in [4.78, 5) is 6.83. The van der Waals surface area contributed by atoms with E-state index in [1.54, 1.807) is 0 Å². The molecule has 0 bridgehead atoms. The second kappa shape index (κ2) is 9.08. The number of guanidine groups is 1. The molecule has 2 aliphatic heterocycles. The van der Waals surface area contributed by atoms with Crippen LogP contribution in [0.25, 0.3) is 0 Å². The third kappa shape index (κ3) is 4.46. The molecule has 150 valence electrons. The van der Waals surface area contributed by atoms with Gasteiger partial charge in [-0.05, 0) is 31.4 Å². The maximum atomic E-state index is 4.41. The van der Waals surface area contributed by atoms with Crippen molar-refractivity contribution in [2.75, 3.05) is 31.6 Å². The zero-order valence-corrected chi connectivity index (χ0v) is 16.8. The van der Waals surface area contributed by atoms with Gasteiger partial charge in [0.25, 0.3) is 0 Å². The summed E-state index contributed by atoms with van der Waals surface area (Å²) < 4.78 is 2.32. The van der Waals surface area contributed by atoms with E-state index in [0.717, 1.165) is 63.0 Å². The first-order chi connectivity index (χ1) is 13.8. The summed E-state index contributed by atoms with van der Waals surface area (Å²) >= 11 is 0. The number of anilines is 1. The van der Waals surface area contributed by atoms with Crippen LogP contribution in [0, 0.1) is 0 Å². The van der Waals surface area contributed by atoms with E-state index in [1.165, 1.54) is 24.9 Å². The molecule has 0 spiro atoms. The standard InChI is InChI=1S/C21H31N7/c1-22-21(24-17-12-15-27(16-17)18-8-4-2-5-9-18)23-13-11-20-26-25-19-10-6-3-7-14-28(19)20/h2,4-5,8-9,17H,3,6-7,10-16H2,1H3,(H2,22,23,24). The first-order valence-corrected chi connectivity index (χ1v) is 10.5. The van der Waals surface area contributed by atoms with E-state index < -0.39 is 0 Å². The highest BCUT2D eigenvalue weighted by Gasteiger charge is 2.23. The average Bonchev–Trinajstić information content (AvgIpc) is 3.28. The summed E-state index contributed by atoms with van der Waals surface area (Å²) in [6.07, 6.45) is 6.80. The van der Waals surface area contributed by atoms with Crippen molar-refractivity contribution in [1.82, 2.24) is 25.4 Å². The van der Waals surface area contributed by atoms with Crippen molar-refractivity contribution in [3.8, 4) is 0 Å². The molecular weight excluding hydrogens is 350 g/mol. The zero-order valence-electron chi connectivity index (χ0n) is 16.8. The summed E-state index contributed by atoms with van der Waals surface area (Å²) in [5.41, 5.74) is 1.29. The molecule has 0 amide bonds. The van der Waals surface area contributed by atoms with Crippen molar-refractivity contribution in [3.63, 3.8) is 0 Å². The van der Waals surface area contributed by atoms with Crippen LogP contribution in [0.3, 0.4) is 0 Å². The molecule has 2 aromatic rings. The molecule has 1 saturated heterocycles. The number of aryl methyl sites for hydroxylation is 1. The predicted octanol–water partition coefficient (Wildman–Crippen LogP) is 1.99. The Balaban J connectivity index is 1.25. The Hall–Kier alpha value is -2.57. The second-order valence-corrected chi connectivity index (χ2v) is 7.66. The number of aliphatic imine (C=N–C) groups is 1. The Morgan fingerprint density at radius 3 is 2.89 bits per heavy atom. The molecule has 2 aliphatic rings. The van der Waals surface area contributed by atoms with Crippen LogP contribution in [0.4, 0.5) is 5.69 Å². The normalized spacial score (nSPS) is 20.0. The van der Waals surface area contributed by atoms with Gasteiger partial charge >= 0.3 is 0 Å². The number of benzene rings is 1. The van der Waals surface area contributed by atoms with E-state index >= 15 is 0 Å². The van der Waals surface area contributed by atoms with E-state index in [0.29, 0.717) is 6.04 Å². The van der Waals surface area contributed by atoms with Gasteiger partial charge in [0.1, 0.15) is 11.6 Å². The number of rotatable bonds is 5. The third-order valence-electron chi connectivity index (χ3n) is 5.70. The molecule has 7 heteroatoms. The fraction of sp³-hybridized carbons (Fsp3) is 0.571. The van der Waals surface area contributed by atoms with Gasteiger partial charge in [-0.2, -0.15) is 0 Å². The summed E-state index contributed by atoms with van der Waals surface area (Å²) in [5, 5.41) is 15.8. The van der Waals surface area contributed by atoms with Crippen LogP contribution in [0.1, 0.15) is 37.3 Å². The number of hydrogen-bond donors (Lipinski definition) is 2. The lowest BCUT2D eigenvalue weighted by Gasteiger charge is -2.20. The summed E-state index contributed by atoms with van der Waals surface area (Å²) in [7, 11) is 1.84. The van der Waals surface area contributed by atoms with E-state index in [2.05, 4.69) is 65.6 Å². The van der Waals surface area contributed by atoms with Crippen LogP contribution in [0.2, 0.25) is 0 Å². The molecule has 1 fully saturated rings. The van der Waals surface area contributed by atoms with Gasteiger partial charge in [0.15, 0.2) is 5.96 Å². The molecule has 1 aromatic carbocycles. The highest BCUT2D eigenvalue weighted by molar-refractivity contribution is 5.80. The van der Waals surface area contributed by atoms with Crippen LogP contribution in [0.5, 0.6) is 0 Å². The molecule has 0 saturated carbocycles. The molecule has 0 aliphatic carbocycles. The van der Waals surface area contributed by atoms with Gasteiger partial charge in [0.2, 0.25) is 0 Å². The number of hydrogen-bond acceptors (Lipinski definition) is 4. The maximum absolute atomic E-state index is 4.41. The largest absolute Gasteiger partial charge is 0.369 e. The molecule has 28 heavy (non-hydrogen) atoms. The Kier molecular flexibility index (Phi) is 6.09. The van der Waals surface area contributed by atoms with Gasteiger partial charge in [-0.15, -0.1) is 10.2 Å². The first kappa shape index (κ1) is 18.8. The lowest BCUT2D eigenvalue weighted by molar-refractivity contribution is 0.597. The average molecular weight is 382 g/mol. The molecule has 7 nitrogen and oxygen atoms in total. The lowest BCUT2D eigenvalue weighted by Crippen LogP contribution is -2.45. The van der Waals surface area contributed by atoms with Crippen LogP contribution in [0.15, 0.2) is 35.3 Å². The Morgan fingerprint density at radius 2 is 2.04 bits per heavy atom. The van der Waals surface area contributed by atoms with Gasteiger partial charge in [-0.3, -0.25) is 4.99 Å². The lowest BCUT2D eigenvalue weighted by atomic mass is 10.2.